The predicted octanol–water partition coefficient (Wildman–Crippen LogP) is 0.311. The third-order valence-electron chi connectivity index (χ3n) is 3.19. The molecule has 1 aromatic rings. The van der Waals surface area contributed by atoms with Crippen molar-refractivity contribution in [2.75, 3.05) is 39.4 Å². The third kappa shape index (κ3) is 5.21. The van der Waals surface area contributed by atoms with Crippen molar-refractivity contribution in [3.8, 4) is 0 Å². The summed E-state index contributed by atoms with van der Waals surface area (Å²) in [5.41, 5.74) is 0. The number of nitrogens with zero attached hydrogens (tertiary/aromatic N) is 1. The summed E-state index contributed by atoms with van der Waals surface area (Å²) in [5.74, 6) is 0. The molecule has 0 bridgehead atoms. The molecule has 1 saturated heterocycles. The van der Waals surface area contributed by atoms with E-state index in [-0.39, 0.29) is 11.4 Å². The van der Waals surface area contributed by atoms with Gasteiger partial charge in [-0.2, -0.15) is 0 Å². The van der Waals surface area contributed by atoms with E-state index in [2.05, 4.69) is 4.72 Å². The molecule has 2 rings (SSSR count). The zero-order valence-electron chi connectivity index (χ0n) is 11.5. The second-order valence-corrected chi connectivity index (χ2v) is 7.08. The van der Waals surface area contributed by atoms with Gasteiger partial charge in [-0.1, -0.05) is 17.7 Å². The minimum Gasteiger partial charge on any atom is -0.390 e. The van der Waals surface area contributed by atoms with Crippen LogP contribution in [0.2, 0.25) is 5.02 Å². The van der Waals surface area contributed by atoms with Crippen molar-refractivity contribution >= 4 is 21.6 Å². The Hall–Kier alpha value is -0.700. The minimum atomic E-state index is -3.66. The van der Waals surface area contributed by atoms with Gasteiger partial charge in [0.05, 0.1) is 24.2 Å². The average molecular weight is 335 g/mol. The molecule has 0 unspecified atom stereocenters. The first-order chi connectivity index (χ1) is 9.97. The highest BCUT2D eigenvalue weighted by Gasteiger charge is 2.19. The molecule has 118 valence electrons. The summed E-state index contributed by atoms with van der Waals surface area (Å²) in [5, 5.41) is 10.3. The van der Waals surface area contributed by atoms with Gasteiger partial charge in [0.25, 0.3) is 0 Å². The van der Waals surface area contributed by atoms with Crippen molar-refractivity contribution < 1.29 is 18.3 Å². The van der Waals surface area contributed by atoms with Crippen molar-refractivity contribution in [2.45, 2.75) is 11.0 Å². The summed E-state index contributed by atoms with van der Waals surface area (Å²) in [6.45, 7) is 3.16. The molecule has 0 spiro atoms. The van der Waals surface area contributed by atoms with Crippen LogP contribution in [0.25, 0.3) is 0 Å². The van der Waals surface area contributed by atoms with Crippen LogP contribution < -0.4 is 4.72 Å². The van der Waals surface area contributed by atoms with Gasteiger partial charge in [0.15, 0.2) is 0 Å². The highest BCUT2D eigenvalue weighted by atomic mass is 35.5. The zero-order valence-corrected chi connectivity index (χ0v) is 13.1. The molecular weight excluding hydrogens is 316 g/mol. The van der Waals surface area contributed by atoms with Gasteiger partial charge in [-0.25, -0.2) is 13.1 Å². The fourth-order valence-corrected chi connectivity index (χ4v) is 3.44. The molecule has 1 heterocycles. The number of rotatable bonds is 6. The molecule has 1 fully saturated rings. The zero-order chi connectivity index (χ0) is 15.3. The third-order valence-corrected chi connectivity index (χ3v) is 4.84. The molecule has 1 aromatic carbocycles. The SMILES string of the molecule is O=S(=O)(NC[C@H](O)CN1CCOCC1)c1cccc(Cl)c1. The Labute approximate surface area is 129 Å². The van der Waals surface area contributed by atoms with Gasteiger partial charge in [-0.3, -0.25) is 4.90 Å². The van der Waals surface area contributed by atoms with Crippen LogP contribution in [-0.4, -0.2) is 63.9 Å². The summed E-state index contributed by atoms with van der Waals surface area (Å²) in [7, 11) is -3.66. The van der Waals surface area contributed by atoms with E-state index in [1.807, 2.05) is 4.90 Å². The molecule has 0 saturated carbocycles. The molecular formula is C13H19ClN2O4S. The van der Waals surface area contributed by atoms with E-state index in [0.717, 1.165) is 13.1 Å². The molecule has 0 amide bonds. The van der Waals surface area contributed by atoms with Crippen LogP contribution in [-0.2, 0) is 14.8 Å². The van der Waals surface area contributed by atoms with Gasteiger partial charge in [0, 0.05) is 31.2 Å². The lowest BCUT2D eigenvalue weighted by molar-refractivity contribution is 0.0158. The topological polar surface area (TPSA) is 78.9 Å². The molecule has 8 heteroatoms. The normalized spacial score (nSPS) is 18.6. The summed E-state index contributed by atoms with van der Waals surface area (Å²) >= 11 is 5.78. The number of halogens is 1. The maximum atomic E-state index is 12.1. The van der Waals surface area contributed by atoms with E-state index in [1.165, 1.54) is 12.1 Å². The van der Waals surface area contributed by atoms with Crippen LogP contribution in [0.1, 0.15) is 0 Å². The van der Waals surface area contributed by atoms with E-state index in [0.29, 0.717) is 24.8 Å². The summed E-state index contributed by atoms with van der Waals surface area (Å²) in [4.78, 5) is 2.13. The standard InChI is InChI=1S/C13H19ClN2O4S/c14-11-2-1-3-13(8-11)21(18,19)15-9-12(17)10-16-4-6-20-7-5-16/h1-3,8,12,15,17H,4-7,9-10H2/t12-/m0/s1. The van der Waals surface area contributed by atoms with Crippen LogP contribution in [0.3, 0.4) is 0 Å². The molecule has 0 radical (unpaired) electrons. The quantitative estimate of drug-likeness (QED) is 0.783. The molecule has 2 N–H and O–H groups in total. The van der Waals surface area contributed by atoms with Crippen LogP contribution in [0, 0.1) is 0 Å². The first-order valence-corrected chi connectivity index (χ1v) is 8.57. The molecule has 6 nitrogen and oxygen atoms in total. The van der Waals surface area contributed by atoms with Crippen LogP contribution in [0.4, 0.5) is 0 Å². The Morgan fingerprint density at radius 1 is 1.38 bits per heavy atom. The van der Waals surface area contributed by atoms with Gasteiger partial charge in [-0.05, 0) is 18.2 Å². The Morgan fingerprint density at radius 3 is 2.76 bits per heavy atom. The minimum absolute atomic E-state index is 0.0355. The van der Waals surface area contributed by atoms with Crippen LogP contribution in [0.5, 0.6) is 0 Å². The Bertz CT molecular complexity index is 561. The fraction of sp³-hybridized carbons (Fsp3) is 0.538. The van der Waals surface area contributed by atoms with E-state index in [1.54, 1.807) is 12.1 Å². The van der Waals surface area contributed by atoms with Crippen LogP contribution >= 0.6 is 11.6 Å². The van der Waals surface area contributed by atoms with Gasteiger partial charge in [0.2, 0.25) is 10.0 Å². The fourth-order valence-electron chi connectivity index (χ4n) is 2.07. The molecule has 0 aliphatic carbocycles. The molecule has 1 aliphatic heterocycles. The van der Waals surface area contributed by atoms with E-state index in [4.69, 9.17) is 16.3 Å². The first kappa shape index (κ1) is 16.7. The van der Waals surface area contributed by atoms with E-state index < -0.39 is 16.1 Å². The molecule has 1 aliphatic rings. The number of aliphatic hydroxyl groups is 1. The molecule has 1 atom stereocenters. The Balaban J connectivity index is 1.86. The number of benzene rings is 1. The van der Waals surface area contributed by atoms with Gasteiger partial charge in [-0.15, -0.1) is 0 Å². The maximum Gasteiger partial charge on any atom is 0.240 e. The van der Waals surface area contributed by atoms with Crippen molar-refractivity contribution in [3.05, 3.63) is 29.3 Å². The second kappa shape index (κ2) is 7.53. The van der Waals surface area contributed by atoms with Gasteiger partial charge in [0.1, 0.15) is 0 Å². The lowest BCUT2D eigenvalue weighted by Gasteiger charge is -2.28. The van der Waals surface area contributed by atoms with E-state index in [9.17, 15) is 13.5 Å². The highest BCUT2D eigenvalue weighted by Crippen LogP contribution is 2.15. The maximum absolute atomic E-state index is 12.1. The van der Waals surface area contributed by atoms with Gasteiger partial charge < -0.3 is 9.84 Å². The Morgan fingerprint density at radius 2 is 2.10 bits per heavy atom. The number of hydrogen-bond acceptors (Lipinski definition) is 5. The number of sulfonamides is 1. The molecule has 21 heavy (non-hydrogen) atoms. The lowest BCUT2D eigenvalue weighted by atomic mass is 10.3. The highest BCUT2D eigenvalue weighted by molar-refractivity contribution is 7.89. The number of aliphatic hydroxyl groups excluding tert-OH is 1. The first-order valence-electron chi connectivity index (χ1n) is 6.71. The summed E-state index contributed by atoms with van der Waals surface area (Å²) < 4.78 is 31.7. The van der Waals surface area contributed by atoms with Crippen molar-refractivity contribution in [3.63, 3.8) is 0 Å². The van der Waals surface area contributed by atoms with Crippen molar-refractivity contribution in [1.82, 2.24) is 9.62 Å². The number of nitrogens with one attached hydrogen (secondary N) is 1. The van der Waals surface area contributed by atoms with E-state index >= 15 is 0 Å². The van der Waals surface area contributed by atoms with Gasteiger partial charge >= 0.3 is 0 Å². The predicted molar refractivity (Wildman–Crippen MR) is 79.9 cm³/mol. The van der Waals surface area contributed by atoms with Crippen molar-refractivity contribution in [2.24, 2.45) is 0 Å². The molecule has 0 aromatic heterocycles. The second-order valence-electron chi connectivity index (χ2n) is 4.88. The smallest absolute Gasteiger partial charge is 0.240 e. The van der Waals surface area contributed by atoms with Crippen molar-refractivity contribution in [1.29, 1.82) is 0 Å². The summed E-state index contributed by atoms with van der Waals surface area (Å²) in [6.07, 6.45) is -0.767. The largest absolute Gasteiger partial charge is 0.390 e. The number of morpholine rings is 1. The average Bonchev–Trinajstić information content (AvgIpc) is 2.46. The number of ether oxygens (including phenoxy) is 1. The number of β-amino-alcohol motifs (C(OH)–C–C–N with tert-alkyl or cyclic N) is 1. The lowest BCUT2D eigenvalue weighted by Crippen LogP contribution is -2.44. The Kier molecular flexibility index (Phi) is 5.98. The van der Waals surface area contributed by atoms with Crippen LogP contribution in [0.15, 0.2) is 29.2 Å². The summed E-state index contributed by atoms with van der Waals surface area (Å²) in [6, 6.07) is 6.01. The number of hydrogen-bond donors (Lipinski definition) is 2. The monoisotopic (exact) mass is 334 g/mol.